The van der Waals surface area contributed by atoms with Crippen molar-refractivity contribution in [3.8, 4) is 0 Å². The summed E-state index contributed by atoms with van der Waals surface area (Å²) in [7, 11) is 0. The van der Waals surface area contributed by atoms with Crippen LogP contribution in [0.4, 0.5) is 4.39 Å². The SMILES string of the molecule is NC(CC1=CCCC=C1F)C(=O)O. The van der Waals surface area contributed by atoms with Crippen molar-refractivity contribution in [2.24, 2.45) is 5.73 Å². The van der Waals surface area contributed by atoms with E-state index in [0.717, 1.165) is 6.42 Å². The van der Waals surface area contributed by atoms with Gasteiger partial charge >= 0.3 is 5.97 Å². The van der Waals surface area contributed by atoms with Crippen molar-refractivity contribution in [2.75, 3.05) is 0 Å². The zero-order chi connectivity index (χ0) is 9.84. The lowest BCUT2D eigenvalue weighted by atomic mass is 9.99. The summed E-state index contributed by atoms with van der Waals surface area (Å²) >= 11 is 0. The maximum Gasteiger partial charge on any atom is 0.320 e. The molecule has 3 N–H and O–H groups in total. The third-order valence-electron chi connectivity index (χ3n) is 1.94. The molecule has 0 spiro atoms. The number of carboxylic acid groups (broad SMARTS) is 1. The van der Waals surface area contributed by atoms with Gasteiger partial charge in [0.25, 0.3) is 0 Å². The Hall–Kier alpha value is -1.16. The van der Waals surface area contributed by atoms with Gasteiger partial charge in [-0.05, 0) is 24.5 Å². The van der Waals surface area contributed by atoms with E-state index in [4.69, 9.17) is 10.8 Å². The molecule has 0 radical (unpaired) electrons. The largest absolute Gasteiger partial charge is 0.480 e. The van der Waals surface area contributed by atoms with Gasteiger partial charge in [0.15, 0.2) is 0 Å². The summed E-state index contributed by atoms with van der Waals surface area (Å²) in [4.78, 5) is 10.4. The van der Waals surface area contributed by atoms with Gasteiger partial charge in [0, 0.05) is 6.42 Å². The summed E-state index contributed by atoms with van der Waals surface area (Å²) in [6.45, 7) is 0. The Bertz CT molecular complexity index is 271. The average molecular weight is 185 g/mol. The molecule has 0 saturated heterocycles. The van der Waals surface area contributed by atoms with Gasteiger partial charge in [-0.2, -0.15) is 0 Å². The number of nitrogens with two attached hydrogens (primary N) is 1. The first-order valence-corrected chi connectivity index (χ1v) is 4.14. The Morgan fingerprint density at radius 3 is 2.77 bits per heavy atom. The van der Waals surface area contributed by atoms with Crippen LogP contribution in [0.1, 0.15) is 19.3 Å². The van der Waals surface area contributed by atoms with E-state index in [-0.39, 0.29) is 12.2 Å². The predicted molar refractivity (Wildman–Crippen MR) is 46.7 cm³/mol. The highest BCUT2D eigenvalue weighted by Crippen LogP contribution is 2.23. The van der Waals surface area contributed by atoms with Crippen LogP contribution < -0.4 is 5.73 Å². The van der Waals surface area contributed by atoms with Crippen molar-refractivity contribution < 1.29 is 14.3 Å². The number of carboxylic acids is 1. The molecule has 0 aliphatic heterocycles. The molecule has 0 saturated carbocycles. The molecule has 0 aromatic carbocycles. The molecule has 0 bridgehead atoms. The maximum atomic E-state index is 13.0. The van der Waals surface area contributed by atoms with Crippen molar-refractivity contribution in [3.05, 3.63) is 23.6 Å². The average Bonchev–Trinajstić information content (AvgIpc) is 2.08. The standard InChI is InChI=1S/C9H12FNO2/c10-7-4-2-1-3-6(7)5-8(11)9(12)13/h3-4,8H,1-2,5,11H2,(H,12,13). The summed E-state index contributed by atoms with van der Waals surface area (Å²) in [5.74, 6) is -1.43. The summed E-state index contributed by atoms with van der Waals surface area (Å²) in [6.07, 6.45) is 4.67. The number of hydrogen-bond acceptors (Lipinski definition) is 2. The van der Waals surface area contributed by atoms with Crippen molar-refractivity contribution >= 4 is 5.97 Å². The number of aliphatic carboxylic acids is 1. The molecule has 1 atom stereocenters. The zero-order valence-corrected chi connectivity index (χ0v) is 7.16. The number of hydrogen-bond donors (Lipinski definition) is 2. The Labute approximate surface area is 75.7 Å². The lowest BCUT2D eigenvalue weighted by Gasteiger charge is -2.11. The van der Waals surface area contributed by atoms with Gasteiger partial charge in [0.05, 0.1) is 0 Å². The van der Waals surface area contributed by atoms with E-state index in [2.05, 4.69) is 0 Å². The molecular weight excluding hydrogens is 173 g/mol. The fourth-order valence-electron chi connectivity index (χ4n) is 1.20. The van der Waals surface area contributed by atoms with E-state index < -0.39 is 12.0 Å². The van der Waals surface area contributed by atoms with Crippen LogP contribution in [-0.2, 0) is 4.79 Å². The van der Waals surface area contributed by atoms with Crippen molar-refractivity contribution in [1.82, 2.24) is 0 Å². The fourth-order valence-corrected chi connectivity index (χ4v) is 1.20. The van der Waals surface area contributed by atoms with E-state index >= 15 is 0 Å². The Kier molecular flexibility index (Phi) is 3.19. The lowest BCUT2D eigenvalue weighted by Crippen LogP contribution is -2.30. The van der Waals surface area contributed by atoms with Gasteiger partial charge in [-0.15, -0.1) is 0 Å². The van der Waals surface area contributed by atoms with Crippen LogP contribution in [0.15, 0.2) is 23.6 Å². The van der Waals surface area contributed by atoms with E-state index in [1.807, 2.05) is 0 Å². The van der Waals surface area contributed by atoms with Gasteiger partial charge in [0.1, 0.15) is 11.9 Å². The summed E-state index contributed by atoms with van der Waals surface area (Å²) in [6, 6.07) is -1.01. The molecule has 3 nitrogen and oxygen atoms in total. The van der Waals surface area contributed by atoms with Crippen LogP contribution in [0.2, 0.25) is 0 Å². The second-order valence-corrected chi connectivity index (χ2v) is 3.01. The highest BCUT2D eigenvalue weighted by Gasteiger charge is 2.17. The molecule has 0 amide bonds. The molecule has 0 heterocycles. The molecule has 0 aromatic rings. The molecule has 1 unspecified atom stereocenters. The van der Waals surface area contributed by atoms with Crippen molar-refractivity contribution in [1.29, 1.82) is 0 Å². The van der Waals surface area contributed by atoms with E-state index in [1.54, 1.807) is 6.08 Å². The Balaban J connectivity index is 2.58. The fraction of sp³-hybridized carbons (Fsp3) is 0.444. The molecule has 13 heavy (non-hydrogen) atoms. The smallest absolute Gasteiger partial charge is 0.320 e. The van der Waals surface area contributed by atoms with Gasteiger partial charge < -0.3 is 10.8 Å². The molecule has 72 valence electrons. The second-order valence-electron chi connectivity index (χ2n) is 3.01. The second kappa shape index (κ2) is 4.18. The topological polar surface area (TPSA) is 63.3 Å². The highest BCUT2D eigenvalue weighted by atomic mass is 19.1. The molecule has 0 fully saturated rings. The summed E-state index contributed by atoms with van der Waals surface area (Å²) < 4.78 is 13.0. The van der Waals surface area contributed by atoms with Crippen molar-refractivity contribution in [2.45, 2.75) is 25.3 Å². The number of halogens is 1. The minimum Gasteiger partial charge on any atom is -0.480 e. The van der Waals surface area contributed by atoms with Gasteiger partial charge in [-0.25, -0.2) is 4.39 Å². The third kappa shape index (κ3) is 2.66. The monoisotopic (exact) mass is 185 g/mol. The van der Waals surface area contributed by atoms with Crippen LogP contribution in [0.25, 0.3) is 0 Å². The van der Waals surface area contributed by atoms with Crippen LogP contribution in [0.5, 0.6) is 0 Å². The minimum atomic E-state index is -1.10. The van der Waals surface area contributed by atoms with Gasteiger partial charge in [0.2, 0.25) is 0 Å². The van der Waals surface area contributed by atoms with Gasteiger partial charge in [-0.1, -0.05) is 6.08 Å². The number of rotatable bonds is 3. The molecule has 4 heteroatoms. The van der Waals surface area contributed by atoms with Crippen LogP contribution in [-0.4, -0.2) is 17.1 Å². The molecular formula is C9H12FNO2. The first-order valence-electron chi connectivity index (χ1n) is 4.14. The Morgan fingerprint density at radius 2 is 2.23 bits per heavy atom. The highest BCUT2D eigenvalue weighted by molar-refractivity contribution is 5.73. The summed E-state index contributed by atoms with van der Waals surface area (Å²) in [5, 5.41) is 8.50. The number of carbonyl (C=O) groups is 1. The van der Waals surface area contributed by atoms with Crippen LogP contribution in [0.3, 0.4) is 0 Å². The normalized spacial score (nSPS) is 18.9. The lowest BCUT2D eigenvalue weighted by molar-refractivity contribution is -0.138. The van der Waals surface area contributed by atoms with Crippen LogP contribution in [0, 0.1) is 0 Å². The predicted octanol–water partition coefficient (Wildman–Crippen LogP) is 1.36. The first kappa shape index (κ1) is 9.92. The van der Waals surface area contributed by atoms with Gasteiger partial charge in [-0.3, -0.25) is 4.79 Å². The zero-order valence-electron chi connectivity index (χ0n) is 7.16. The minimum absolute atomic E-state index is 0.0671. The molecule has 1 rings (SSSR count). The van der Waals surface area contributed by atoms with E-state index in [1.165, 1.54) is 6.08 Å². The van der Waals surface area contributed by atoms with E-state index in [0.29, 0.717) is 12.0 Å². The number of allylic oxidation sites excluding steroid dienone is 3. The quantitative estimate of drug-likeness (QED) is 0.697. The first-order chi connectivity index (χ1) is 6.11. The third-order valence-corrected chi connectivity index (χ3v) is 1.94. The molecule has 0 aromatic heterocycles. The molecule has 1 aliphatic carbocycles. The Morgan fingerprint density at radius 1 is 1.62 bits per heavy atom. The maximum absolute atomic E-state index is 13.0. The van der Waals surface area contributed by atoms with Crippen LogP contribution >= 0.6 is 0 Å². The van der Waals surface area contributed by atoms with Crippen molar-refractivity contribution in [3.63, 3.8) is 0 Å². The molecule has 1 aliphatic rings. The summed E-state index contributed by atoms with van der Waals surface area (Å²) in [5.41, 5.74) is 5.69. The van der Waals surface area contributed by atoms with E-state index in [9.17, 15) is 9.18 Å².